The molecule has 0 radical (unpaired) electrons. The van der Waals surface area contributed by atoms with Crippen LogP contribution in [0.4, 0.5) is 13.2 Å². The number of hydrogen-bond donors (Lipinski definition) is 1. The lowest BCUT2D eigenvalue weighted by Gasteiger charge is -2.22. The molecule has 1 rings (SSSR count). The van der Waals surface area contributed by atoms with Crippen LogP contribution >= 0.6 is 0 Å². The van der Waals surface area contributed by atoms with Crippen molar-refractivity contribution in [1.82, 2.24) is 5.32 Å². The third-order valence-corrected chi connectivity index (χ3v) is 8.11. The van der Waals surface area contributed by atoms with E-state index in [-0.39, 0.29) is 6.54 Å². The minimum atomic E-state index is -4.80. The summed E-state index contributed by atoms with van der Waals surface area (Å²) in [7, 11) is -3.43. The van der Waals surface area contributed by atoms with Gasteiger partial charge >= 0.3 is 21.4 Å². The molecule has 0 unspecified atom stereocenters. The average Bonchev–Trinajstić information content (AvgIpc) is 2.24. The fraction of sp³-hybridized carbons (Fsp3) is 0.800. The maximum Gasteiger partial charge on any atom is 0.471 e. The Morgan fingerprint density at radius 2 is 1.94 bits per heavy atom. The molecule has 0 aromatic carbocycles. The minimum Gasteiger partial charge on any atom is -0.425 e. The maximum absolute atomic E-state index is 11.8. The van der Waals surface area contributed by atoms with E-state index in [9.17, 15) is 18.0 Å². The first-order valence-electron chi connectivity index (χ1n) is 4.66. The van der Waals surface area contributed by atoms with Crippen LogP contribution in [-0.4, -0.2) is 47.9 Å². The lowest BCUT2D eigenvalue weighted by atomic mass is 10.4. The molecular formula is C5H12F3NO4Si3. The molecule has 0 aromatic heterocycles. The van der Waals surface area contributed by atoms with Gasteiger partial charge in [0.05, 0.1) is 0 Å². The molecule has 0 atom stereocenters. The molecule has 5 nitrogen and oxygen atoms in total. The molecular weight excluding hydrogens is 279 g/mol. The molecule has 0 spiro atoms. The predicted molar refractivity (Wildman–Crippen MR) is 56.0 cm³/mol. The molecule has 1 saturated heterocycles. The number of hydrogen-bond acceptors (Lipinski definition) is 4. The number of amides is 1. The zero-order valence-electron chi connectivity index (χ0n) is 8.38. The second-order valence-corrected chi connectivity index (χ2v) is 9.31. The number of nitrogens with one attached hydrogen (secondary N) is 1. The summed E-state index contributed by atoms with van der Waals surface area (Å²) in [6.45, 7) is -0.00146. The Balaban J connectivity index is 2.05. The molecule has 0 saturated carbocycles. The number of rotatable bonds is 4. The molecule has 1 aliphatic rings. The van der Waals surface area contributed by atoms with Crippen molar-refractivity contribution < 1.29 is 30.3 Å². The lowest BCUT2D eigenvalue weighted by molar-refractivity contribution is -0.173. The Hall–Kier alpha value is -0.209. The van der Waals surface area contributed by atoms with E-state index in [1.807, 2.05) is 0 Å². The second kappa shape index (κ2) is 6.51. The van der Waals surface area contributed by atoms with Crippen LogP contribution in [0.3, 0.4) is 0 Å². The van der Waals surface area contributed by atoms with E-state index in [4.69, 9.17) is 12.3 Å². The smallest absolute Gasteiger partial charge is 0.425 e. The van der Waals surface area contributed by atoms with Crippen LogP contribution < -0.4 is 5.32 Å². The van der Waals surface area contributed by atoms with Crippen molar-refractivity contribution in [2.45, 2.75) is 18.6 Å². The first-order chi connectivity index (χ1) is 7.50. The molecule has 1 aliphatic heterocycles. The van der Waals surface area contributed by atoms with Gasteiger partial charge in [0.2, 0.25) is 0 Å². The van der Waals surface area contributed by atoms with Crippen LogP contribution in [0.2, 0.25) is 6.04 Å². The van der Waals surface area contributed by atoms with Gasteiger partial charge < -0.3 is 17.7 Å². The number of carbonyl (C=O) groups is 1. The van der Waals surface area contributed by atoms with E-state index in [0.29, 0.717) is 12.5 Å². The number of carbonyl (C=O) groups excluding carboxylic acids is 1. The lowest BCUT2D eigenvalue weighted by Crippen LogP contribution is -2.38. The summed E-state index contributed by atoms with van der Waals surface area (Å²) >= 11 is 0. The molecule has 11 heteroatoms. The Labute approximate surface area is 96.6 Å². The van der Waals surface area contributed by atoms with E-state index in [1.165, 1.54) is 0 Å². The van der Waals surface area contributed by atoms with Gasteiger partial charge in [-0.2, -0.15) is 13.2 Å². The van der Waals surface area contributed by atoms with Gasteiger partial charge in [0.15, 0.2) is 0 Å². The monoisotopic (exact) mass is 291 g/mol. The standard InChI is InChI=1S/C5H12F3NO4Si3/c6-5(7,8)4(10)9-2-1-3-16-12-14-11-15-13-16/h16H,1-3,14-15H2,(H,9,10). The molecule has 1 amide bonds. The topological polar surface area (TPSA) is 56.8 Å². The van der Waals surface area contributed by atoms with Crippen molar-refractivity contribution in [2.24, 2.45) is 0 Å². The predicted octanol–water partition coefficient (Wildman–Crippen LogP) is -1.66. The van der Waals surface area contributed by atoms with Crippen LogP contribution in [0.1, 0.15) is 6.42 Å². The highest BCUT2D eigenvalue weighted by Gasteiger charge is 2.38. The fourth-order valence-electron chi connectivity index (χ4n) is 1.07. The van der Waals surface area contributed by atoms with Crippen LogP contribution in [0, 0.1) is 0 Å². The third kappa shape index (κ3) is 5.22. The maximum atomic E-state index is 11.8. The molecule has 1 fully saturated rings. The van der Waals surface area contributed by atoms with Crippen molar-refractivity contribution in [3.63, 3.8) is 0 Å². The largest absolute Gasteiger partial charge is 0.471 e. The molecule has 0 aliphatic carbocycles. The zero-order chi connectivity index (χ0) is 12.0. The van der Waals surface area contributed by atoms with Crippen molar-refractivity contribution in [2.75, 3.05) is 6.54 Å². The molecule has 0 bridgehead atoms. The van der Waals surface area contributed by atoms with E-state index in [2.05, 4.69) is 0 Å². The molecule has 1 heterocycles. The van der Waals surface area contributed by atoms with Crippen LogP contribution in [0.5, 0.6) is 0 Å². The van der Waals surface area contributed by atoms with Crippen LogP contribution in [0.25, 0.3) is 0 Å². The Kier molecular flexibility index (Phi) is 5.63. The summed E-state index contributed by atoms with van der Waals surface area (Å²) in [6.07, 6.45) is -4.36. The Morgan fingerprint density at radius 1 is 1.31 bits per heavy atom. The first kappa shape index (κ1) is 13.9. The highest BCUT2D eigenvalue weighted by Crippen LogP contribution is 2.14. The molecule has 1 N–H and O–H groups in total. The van der Waals surface area contributed by atoms with Gasteiger partial charge in [-0.25, -0.2) is 0 Å². The van der Waals surface area contributed by atoms with Gasteiger partial charge in [-0.15, -0.1) is 0 Å². The highest BCUT2D eigenvalue weighted by molar-refractivity contribution is 6.61. The summed E-state index contributed by atoms with van der Waals surface area (Å²) in [6, 6.07) is 0.613. The van der Waals surface area contributed by atoms with Gasteiger partial charge in [0, 0.05) is 6.54 Å². The van der Waals surface area contributed by atoms with Gasteiger partial charge in [0.25, 0.3) is 20.0 Å². The number of alkyl halides is 3. The van der Waals surface area contributed by atoms with Crippen LogP contribution in [-0.2, 0) is 17.1 Å². The van der Waals surface area contributed by atoms with E-state index in [1.54, 1.807) is 5.32 Å². The summed E-state index contributed by atoms with van der Waals surface area (Å²) in [5.74, 6) is -1.90. The minimum absolute atomic E-state index is 0.00146. The van der Waals surface area contributed by atoms with Crippen molar-refractivity contribution >= 4 is 35.2 Å². The van der Waals surface area contributed by atoms with Gasteiger partial charge in [-0.3, -0.25) is 4.79 Å². The summed E-state index contributed by atoms with van der Waals surface area (Å²) in [5.41, 5.74) is 0. The number of halogens is 3. The Morgan fingerprint density at radius 3 is 2.50 bits per heavy atom. The van der Waals surface area contributed by atoms with E-state index < -0.39 is 41.4 Å². The van der Waals surface area contributed by atoms with Gasteiger partial charge in [0.1, 0.15) is 0 Å². The van der Waals surface area contributed by atoms with E-state index >= 15 is 0 Å². The normalized spacial score (nSPS) is 24.8. The zero-order valence-corrected chi connectivity index (χ0v) is 12.4. The summed E-state index contributed by atoms with van der Waals surface area (Å²) < 4.78 is 50.9. The third-order valence-electron chi connectivity index (χ3n) is 1.83. The van der Waals surface area contributed by atoms with Crippen molar-refractivity contribution in [1.29, 1.82) is 0 Å². The van der Waals surface area contributed by atoms with Crippen LogP contribution in [0.15, 0.2) is 0 Å². The quantitative estimate of drug-likeness (QED) is 0.497. The summed E-state index contributed by atoms with van der Waals surface area (Å²) in [5, 5.41) is 1.80. The SMILES string of the molecule is O=C(NCCC[SiH]1O[SiH2]O[SiH2]O1)C(F)(F)F. The second-order valence-electron chi connectivity index (χ2n) is 3.10. The Bertz CT molecular complexity index is 235. The molecule has 0 aromatic rings. The first-order valence-corrected chi connectivity index (χ1v) is 8.73. The van der Waals surface area contributed by atoms with E-state index in [0.717, 1.165) is 0 Å². The summed E-state index contributed by atoms with van der Waals surface area (Å²) in [4.78, 5) is 10.4. The highest BCUT2D eigenvalue weighted by atomic mass is 28.4. The van der Waals surface area contributed by atoms with Crippen molar-refractivity contribution in [3.05, 3.63) is 0 Å². The fourth-order valence-corrected chi connectivity index (χ4v) is 8.18. The average molecular weight is 291 g/mol. The molecule has 16 heavy (non-hydrogen) atoms. The van der Waals surface area contributed by atoms with Gasteiger partial charge in [-0.05, 0) is 12.5 Å². The van der Waals surface area contributed by atoms with Gasteiger partial charge in [-0.1, -0.05) is 0 Å². The van der Waals surface area contributed by atoms with Crippen molar-refractivity contribution in [3.8, 4) is 0 Å². The molecule has 94 valence electrons.